The molecule has 0 amide bonds. The monoisotopic (exact) mass is 262 g/mol. The minimum atomic E-state index is -3.38. The highest BCUT2D eigenvalue weighted by molar-refractivity contribution is 7.92. The van der Waals surface area contributed by atoms with Crippen molar-refractivity contribution >= 4 is 15.6 Å². The zero-order chi connectivity index (χ0) is 12.5. The molecular formula is C11H18O5S. The van der Waals surface area contributed by atoms with E-state index in [0.29, 0.717) is 32.7 Å². The van der Waals surface area contributed by atoms with Gasteiger partial charge in [-0.2, -0.15) is 0 Å². The van der Waals surface area contributed by atoms with Crippen molar-refractivity contribution in [1.82, 2.24) is 0 Å². The van der Waals surface area contributed by atoms with E-state index in [1.807, 2.05) is 0 Å². The van der Waals surface area contributed by atoms with Crippen LogP contribution in [0, 0.1) is 5.92 Å². The lowest BCUT2D eigenvalue weighted by molar-refractivity contribution is -0.120. The molecule has 6 heteroatoms. The number of hydrogen-bond donors (Lipinski definition) is 0. The molecule has 2 heterocycles. The van der Waals surface area contributed by atoms with Gasteiger partial charge in [0.25, 0.3) is 0 Å². The molecule has 98 valence electrons. The molecule has 0 N–H and O–H groups in total. The van der Waals surface area contributed by atoms with Gasteiger partial charge in [0.2, 0.25) is 0 Å². The van der Waals surface area contributed by atoms with Crippen molar-refractivity contribution in [2.75, 3.05) is 25.6 Å². The fraction of sp³-hybridized carbons (Fsp3) is 0.909. The highest BCUT2D eigenvalue weighted by atomic mass is 32.2. The van der Waals surface area contributed by atoms with Crippen molar-refractivity contribution in [3.63, 3.8) is 0 Å². The summed E-state index contributed by atoms with van der Waals surface area (Å²) < 4.78 is 34.5. The van der Waals surface area contributed by atoms with E-state index in [-0.39, 0.29) is 23.6 Å². The van der Waals surface area contributed by atoms with Crippen LogP contribution in [0.15, 0.2) is 0 Å². The molecule has 2 rings (SSSR count). The predicted molar refractivity (Wildman–Crippen MR) is 61.5 cm³/mol. The van der Waals surface area contributed by atoms with Gasteiger partial charge in [0.1, 0.15) is 5.75 Å². The SMILES string of the molecule is CC1OCCC1S(=O)(=O)CC(=O)C1CCOC1. The van der Waals surface area contributed by atoms with Crippen LogP contribution in [0.5, 0.6) is 0 Å². The van der Waals surface area contributed by atoms with Gasteiger partial charge in [-0.3, -0.25) is 4.79 Å². The number of carbonyl (C=O) groups is 1. The molecule has 0 aromatic rings. The number of Topliss-reactive ketones (excluding diaryl/α,β-unsaturated/α-hetero) is 1. The maximum absolute atomic E-state index is 12.1. The summed E-state index contributed by atoms with van der Waals surface area (Å²) in [6.07, 6.45) is 0.843. The summed E-state index contributed by atoms with van der Waals surface area (Å²) in [5, 5.41) is -0.520. The second-order valence-electron chi connectivity index (χ2n) is 4.74. The molecule has 0 aromatic carbocycles. The average molecular weight is 262 g/mol. The third kappa shape index (κ3) is 2.86. The van der Waals surface area contributed by atoms with Crippen molar-refractivity contribution in [2.45, 2.75) is 31.1 Å². The number of ether oxygens (including phenoxy) is 2. The number of hydrogen-bond acceptors (Lipinski definition) is 5. The molecule has 2 saturated heterocycles. The third-order valence-electron chi connectivity index (χ3n) is 3.50. The van der Waals surface area contributed by atoms with Crippen molar-refractivity contribution in [3.8, 4) is 0 Å². The normalized spacial score (nSPS) is 34.1. The number of rotatable bonds is 4. The standard InChI is InChI=1S/C11H18O5S/c1-8-11(3-5-16-8)17(13,14)7-10(12)9-2-4-15-6-9/h8-9,11H,2-7H2,1H3. The van der Waals surface area contributed by atoms with Gasteiger partial charge in [-0.1, -0.05) is 0 Å². The molecule has 2 aliphatic rings. The van der Waals surface area contributed by atoms with E-state index in [9.17, 15) is 13.2 Å². The van der Waals surface area contributed by atoms with Crippen molar-refractivity contribution in [1.29, 1.82) is 0 Å². The number of carbonyl (C=O) groups excluding carboxylic acids is 1. The molecule has 0 bridgehead atoms. The van der Waals surface area contributed by atoms with E-state index in [4.69, 9.17) is 9.47 Å². The van der Waals surface area contributed by atoms with Gasteiger partial charge in [0, 0.05) is 19.1 Å². The van der Waals surface area contributed by atoms with Crippen LogP contribution in [0.3, 0.4) is 0 Å². The predicted octanol–water partition coefficient (Wildman–Crippen LogP) is 0.184. The van der Waals surface area contributed by atoms with Gasteiger partial charge in [0.15, 0.2) is 15.6 Å². The Balaban J connectivity index is 1.99. The Kier molecular flexibility index (Phi) is 3.85. The van der Waals surface area contributed by atoms with Crippen LogP contribution < -0.4 is 0 Å². The van der Waals surface area contributed by atoms with Crippen LogP contribution in [0.25, 0.3) is 0 Å². The quantitative estimate of drug-likeness (QED) is 0.723. The summed E-state index contributed by atoms with van der Waals surface area (Å²) in [4.78, 5) is 11.8. The van der Waals surface area contributed by atoms with Gasteiger partial charge in [0.05, 0.1) is 18.0 Å². The first-order valence-electron chi connectivity index (χ1n) is 5.94. The highest BCUT2D eigenvalue weighted by Crippen LogP contribution is 2.23. The van der Waals surface area contributed by atoms with Gasteiger partial charge >= 0.3 is 0 Å². The Bertz CT molecular complexity index is 383. The van der Waals surface area contributed by atoms with E-state index in [0.717, 1.165) is 0 Å². The molecule has 2 aliphatic heterocycles. The van der Waals surface area contributed by atoms with Gasteiger partial charge in [-0.15, -0.1) is 0 Å². The van der Waals surface area contributed by atoms with E-state index in [1.165, 1.54) is 0 Å². The van der Waals surface area contributed by atoms with E-state index < -0.39 is 15.1 Å². The molecule has 0 spiro atoms. The summed E-state index contributed by atoms with van der Waals surface area (Å²) in [7, 11) is -3.38. The molecule has 2 fully saturated rings. The maximum Gasteiger partial charge on any atom is 0.162 e. The van der Waals surface area contributed by atoms with Crippen LogP contribution in [0.4, 0.5) is 0 Å². The topological polar surface area (TPSA) is 69.7 Å². The fourth-order valence-electron chi connectivity index (χ4n) is 2.40. The Morgan fingerprint density at radius 2 is 2.06 bits per heavy atom. The van der Waals surface area contributed by atoms with Gasteiger partial charge in [-0.25, -0.2) is 8.42 Å². The van der Waals surface area contributed by atoms with Crippen LogP contribution in [-0.4, -0.2) is 51.1 Å². The first-order valence-corrected chi connectivity index (χ1v) is 7.66. The summed E-state index contributed by atoms with van der Waals surface area (Å²) in [6.45, 7) is 3.13. The average Bonchev–Trinajstić information content (AvgIpc) is 2.85. The van der Waals surface area contributed by atoms with Crippen LogP contribution in [0.2, 0.25) is 0 Å². The zero-order valence-electron chi connectivity index (χ0n) is 9.92. The molecule has 17 heavy (non-hydrogen) atoms. The minimum absolute atomic E-state index is 0.207. The van der Waals surface area contributed by atoms with Gasteiger partial charge in [-0.05, 0) is 19.8 Å². The molecule has 3 unspecified atom stereocenters. The molecule has 3 atom stereocenters. The molecular weight excluding hydrogens is 244 g/mol. The van der Waals surface area contributed by atoms with Crippen LogP contribution in [0.1, 0.15) is 19.8 Å². The molecule has 0 radical (unpaired) electrons. The first kappa shape index (κ1) is 13.0. The second-order valence-corrected chi connectivity index (χ2v) is 6.96. The summed E-state index contributed by atoms with van der Waals surface area (Å²) in [6, 6.07) is 0. The lowest BCUT2D eigenvalue weighted by Gasteiger charge is -2.15. The molecule has 0 aliphatic carbocycles. The second kappa shape index (κ2) is 5.04. The zero-order valence-corrected chi connectivity index (χ0v) is 10.7. The van der Waals surface area contributed by atoms with E-state index in [1.54, 1.807) is 6.92 Å². The summed E-state index contributed by atoms with van der Waals surface area (Å²) in [5.74, 6) is -0.802. The summed E-state index contributed by atoms with van der Waals surface area (Å²) in [5.41, 5.74) is 0. The maximum atomic E-state index is 12.1. The Hall–Kier alpha value is -0.460. The van der Waals surface area contributed by atoms with Crippen molar-refractivity contribution in [2.24, 2.45) is 5.92 Å². The lowest BCUT2D eigenvalue weighted by atomic mass is 10.1. The Labute approximate surface area is 101 Å². The van der Waals surface area contributed by atoms with Crippen molar-refractivity contribution in [3.05, 3.63) is 0 Å². The highest BCUT2D eigenvalue weighted by Gasteiger charge is 2.38. The Morgan fingerprint density at radius 3 is 2.59 bits per heavy atom. The van der Waals surface area contributed by atoms with Crippen molar-refractivity contribution < 1.29 is 22.7 Å². The molecule has 0 saturated carbocycles. The molecule has 0 aromatic heterocycles. The first-order chi connectivity index (χ1) is 8.00. The Morgan fingerprint density at radius 1 is 1.29 bits per heavy atom. The van der Waals surface area contributed by atoms with Crippen LogP contribution >= 0.6 is 0 Å². The lowest BCUT2D eigenvalue weighted by Crippen LogP contribution is -2.35. The summed E-state index contributed by atoms with van der Waals surface area (Å²) >= 11 is 0. The molecule has 5 nitrogen and oxygen atoms in total. The third-order valence-corrected chi connectivity index (χ3v) is 5.72. The van der Waals surface area contributed by atoms with E-state index in [2.05, 4.69) is 0 Å². The fourth-order valence-corrected chi connectivity index (χ4v) is 4.36. The van der Waals surface area contributed by atoms with Crippen LogP contribution in [-0.2, 0) is 24.1 Å². The largest absolute Gasteiger partial charge is 0.381 e. The smallest absolute Gasteiger partial charge is 0.162 e. The number of sulfone groups is 1. The van der Waals surface area contributed by atoms with Gasteiger partial charge < -0.3 is 9.47 Å². The number of ketones is 1. The van der Waals surface area contributed by atoms with E-state index >= 15 is 0 Å². The minimum Gasteiger partial charge on any atom is -0.381 e.